The molecule has 0 radical (unpaired) electrons. The van der Waals surface area contributed by atoms with Crippen LogP contribution in [0.15, 0.2) is 16.7 Å². The van der Waals surface area contributed by atoms with Crippen molar-refractivity contribution < 1.29 is 4.79 Å². The average molecular weight is 314 g/mol. The van der Waals surface area contributed by atoms with Crippen LogP contribution in [0.5, 0.6) is 0 Å². The Labute approximate surface area is 110 Å². The van der Waals surface area contributed by atoms with Crippen molar-refractivity contribution in [2.75, 3.05) is 11.1 Å². The van der Waals surface area contributed by atoms with Gasteiger partial charge in [0.05, 0.1) is 22.1 Å². The lowest BCUT2D eigenvalue weighted by atomic mass is 10.3. The second-order valence-corrected chi connectivity index (χ2v) is 4.85. The molecule has 0 saturated carbocycles. The molecule has 0 aromatic carbocycles. The minimum atomic E-state index is -0.282. The van der Waals surface area contributed by atoms with Crippen LogP contribution in [0.25, 0.3) is 0 Å². The molecule has 88 valence electrons. The van der Waals surface area contributed by atoms with Gasteiger partial charge in [0.2, 0.25) is 0 Å². The first-order valence-corrected chi connectivity index (χ1v) is 6.16. The summed E-state index contributed by atoms with van der Waals surface area (Å²) < 4.78 is 4.33. The van der Waals surface area contributed by atoms with Crippen LogP contribution in [-0.4, -0.2) is 20.5 Å². The number of nitrogens with one attached hydrogen (secondary N) is 1. The predicted molar refractivity (Wildman–Crippen MR) is 68.9 cm³/mol. The maximum absolute atomic E-state index is 11.9. The quantitative estimate of drug-likeness (QED) is 0.882. The Bertz CT molecular complexity index is 570. The van der Waals surface area contributed by atoms with Crippen molar-refractivity contribution in [3.63, 3.8) is 0 Å². The number of hydrogen-bond acceptors (Lipinski definition) is 6. The molecule has 0 aliphatic heterocycles. The van der Waals surface area contributed by atoms with E-state index in [4.69, 9.17) is 5.73 Å². The van der Waals surface area contributed by atoms with Gasteiger partial charge in [-0.15, -0.1) is 5.10 Å². The molecule has 2 heterocycles. The third kappa shape index (κ3) is 2.59. The second-order valence-electron chi connectivity index (χ2n) is 3.24. The van der Waals surface area contributed by atoms with Crippen molar-refractivity contribution in [2.45, 2.75) is 6.92 Å². The van der Waals surface area contributed by atoms with Crippen LogP contribution in [0.1, 0.15) is 15.4 Å². The minimum Gasteiger partial charge on any atom is -0.397 e. The molecule has 0 unspecified atom stereocenters. The molecule has 2 rings (SSSR count). The molecule has 0 aliphatic rings. The predicted octanol–water partition coefficient (Wildman–Crippen LogP) is 1.84. The van der Waals surface area contributed by atoms with Crippen molar-refractivity contribution >= 4 is 44.9 Å². The number of carbonyl (C=O) groups excluding carboxylic acids is 1. The van der Waals surface area contributed by atoms with Crippen LogP contribution in [0.2, 0.25) is 0 Å². The Kier molecular flexibility index (Phi) is 3.34. The number of anilines is 2. The summed E-state index contributed by atoms with van der Waals surface area (Å²) in [6, 6.07) is 1.67. The van der Waals surface area contributed by atoms with E-state index >= 15 is 0 Å². The Hall–Kier alpha value is -1.54. The highest BCUT2D eigenvalue weighted by Gasteiger charge is 2.15. The SMILES string of the molecule is Cc1nnsc1C(=O)Nc1ncc(N)cc1Br. The van der Waals surface area contributed by atoms with Gasteiger partial charge < -0.3 is 11.1 Å². The number of nitrogens with two attached hydrogens (primary N) is 1. The molecule has 2 aromatic rings. The molecular weight excluding hydrogens is 306 g/mol. The zero-order chi connectivity index (χ0) is 12.4. The molecule has 0 bridgehead atoms. The van der Waals surface area contributed by atoms with Gasteiger partial charge in [0, 0.05) is 0 Å². The number of pyridine rings is 1. The van der Waals surface area contributed by atoms with E-state index in [1.54, 1.807) is 13.0 Å². The van der Waals surface area contributed by atoms with Gasteiger partial charge >= 0.3 is 0 Å². The summed E-state index contributed by atoms with van der Waals surface area (Å²) in [6.45, 7) is 1.73. The molecule has 1 amide bonds. The van der Waals surface area contributed by atoms with E-state index in [0.29, 0.717) is 26.5 Å². The summed E-state index contributed by atoms with van der Waals surface area (Å²) in [5.74, 6) is 0.132. The highest BCUT2D eigenvalue weighted by atomic mass is 79.9. The first-order chi connectivity index (χ1) is 8.08. The van der Waals surface area contributed by atoms with Crippen LogP contribution >= 0.6 is 27.5 Å². The van der Waals surface area contributed by atoms with Crippen LogP contribution in [0, 0.1) is 6.92 Å². The number of halogens is 1. The number of aromatic nitrogens is 3. The smallest absolute Gasteiger partial charge is 0.270 e. The lowest BCUT2D eigenvalue weighted by Gasteiger charge is -2.05. The monoisotopic (exact) mass is 313 g/mol. The highest BCUT2D eigenvalue weighted by molar-refractivity contribution is 9.10. The molecule has 0 saturated heterocycles. The van der Waals surface area contributed by atoms with Gasteiger partial charge in [-0.3, -0.25) is 4.79 Å². The van der Waals surface area contributed by atoms with Crippen molar-refractivity contribution in [3.05, 3.63) is 27.3 Å². The average Bonchev–Trinajstić information content (AvgIpc) is 2.68. The van der Waals surface area contributed by atoms with Crippen molar-refractivity contribution in [2.24, 2.45) is 0 Å². The number of carbonyl (C=O) groups is 1. The third-order valence-corrected chi connectivity index (χ3v) is 3.38. The molecule has 2 aromatic heterocycles. The highest BCUT2D eigenvalue weighted by Crippen LogP contribution is 2.22. The lowest BCUT2D eigenvalue weighted by molar-refractivity contribution is 0.102. The molecular formula is C9H8BrN5OS. The van der Waals surface area contributed by atoms with Crippen molar-refractivity contribution in [3.8, 4) is 0 Å². The number of rotatable bonds is 2. The summed E-state index contributed by atoms with van der Waals surface area (Å²) in [5.41, 5.74) is 6.67. The Morgan fingerprint density at radius 3 is 2.94 bits per heavy atom. The van der Waals surface area contributed by atoms with Gasteiger partial charge in [-0.2, -0.15) is 0 Å². The fourth-order valence-electron chi connectivity index (χ4n) is 1.15. The van der Waals surface area contributed by atoms with Crippen LogP contribution in [-0.2, 0) is 0 Å². The summed E-state index contributed by atoms with van der Waals surface area (Å²) in [5, 5.41) is 6.43. The minimum absolute atomic E-state index is 0.282. The standard InChI is InChI=1S/C9H8BrN5OS/c1-4-7(17-15-14-4)9(16)13-8-6(10)2-5(11)3-12-8/h2-3H,11H2,1H3,(H,12,13,16). The van der Waals surface area contributed by atoms with Gasteiger partial charge in [0.15, 0.2) is 0 Å². The Balaban J connectivity index is 2.22. The van der Waals surface area contributed by atoms with Crippen LogP contribution < -0.4 is 11.1 Å². The van der Waals surface area contributed by atoms with E-state index < -0.39 is 0 Å². The molecule has 0 fully saturated rings. The van der Waals surface area contributed by atoms with Crippen molar-refractivity contribution in [1.29, 1.82) is 0 Å². The van der Waals surface area contributed by atoms with Gasteiger partial charge in [-0.25, -0.2) is 4.98 Å². The summed E-state index contributed by atoms with van der Waals surface area (Å²) in [7, 11) is 0. The van der Waals surface area contributed by atoms with E-state index in [1.807, 2.05) is 0 Å². The molecule has 17 heavy (non-hydrogen) atoms. The van der Waals surface area contributed by atoms with E-state index in [1.165, 1.54) is 6.20 Å². The maximum atomic E-state index is 11.9. The largest absolute Gasteiger partial charge is 0.397 e. The van der Waals surface area contributed by atoms with Gasteiger partial charge in [0.1, 0.15) is 10.7 Å². The Morgan fingerprint density at radius 1 is 1.59 bits per heavy atom. The lowest BCUT2D eigenvalue weighted by Crippen LogP contribution is -2.13. The Morgan fingerprint density at radius 2 is 2.35 bits per heavy atom. The molecule has 6 nitrogen and oxygen atoms in total. The maximum Gasteiger partial charge on any atom is 0.270 e. The summed E-state index contributed by atoms with van der Waals surface area (Å²) in [4.78, 5) is 16.3. The van der Waals surface area contributed by atoms with Crippen LogP contribution in [0.3, 0.4) is 0 Å². The number of nitrogens with zero attached hydrogens (tertiary/aromatic N) is 3. The molecule has 0 spiro atoms. The fourth-order valence-corrected chi connectivity index (χ4v) is 2.17. The molecule has 8 heteroatoms. The number of aryl methyl sites for hydroxylation is 1. The van der Waals surface area contributed by atoms with E-state index in [-0.39, 0.29) is 5.91 Å². The van der Waals surface area contributed by atoms with E-state index in [0.717, 1.165) is 11.5 Å². The zero-order valence-electron chi connectivity index (χ0n) is 8.77. The number of amides is 1. The zero-order valence-corrected chi connectivity index (χ0v) is 11.2. The molecule has 0 atom stereocenters. The molecule has 3 N–H and O–H groups in total. The number of hydrogen-bond donors (Lipinski definition) is 2. The third-order valence-electron chi connectivity index (χ3n) is 1.95. The topological polar surface area (TPSA) is 93.8 Å². The van der Waals surface area contributed by atoms with E-state index in [2.05, 4.69) is 35.8 Å². The number of nitrogen functional groups attached to an aromatic ring is 1. The summed E-state index contributed by atoms with van der Waals surface area (Å²) in [6.07, 6.45) is 1.47. The first kappa shape index (κ1) is 11.9. The van der Waals surface area contributed by atoms with E-state index in [9.17, 15) is 4.79 Å². The first-order valence-electron chi connectivity index (χ1n) is 4.59. The second kappa shape index (κ2) is 4.76. The van der Waals surface area contributed by atoms with Gasteiger partial charge in [-0.1, -0.05) is 4.49 Å². The fraction of sp³-hybridized carbons (Fsp3) is 0.111. The van der Waals surface area contributed by atoms with Gasteiger partial charge in [-0.05, 0) is 40.5 Å². The van der Waals surface area contributed by atoms with Crippen LogP contribution in [0.4, 0.5) is 11.5 Å². The van der Waals surface area contributed by atoms with Crippen molar-refractivity contribution in [1.82, 2.24) is 14.6 Å². The molecule has 0 aliphatic carbocycles. The normalized spacial score (nSPS) is 10.2. The summed E-state index contributed by atoms with van der Waals surface area (Å²) >= 11 is 4.32. The van der Waals surface area contributed by atoms with Gasteiger partial charge in [0.25, 0.3) is 5.91 Å².